The van der Waals surface area contributed by atoms with E-state index in [1.165, 1.54) is 27.7 Å². The summed E-state index contributed by atoms with van der Waals surface area (Å²) in [6, 6.07) is 6.38. The molecule has 28 heavy (non-hydrogen) atoms. The Labute approximate surface area is 163 Å². The average Bonchev–Trinajstić information content (AvgIpc) is 2.58. The minimum Gasteiger partial charge on any atom is -0.480 e. The first kappa shape index (κ1) is 23.1. The number of aliphatic hydroxyl groups is 1. The summed E-state index contributed by atoms with van der Waals surface area (Å²) < 4.78 is 0. The van der Waals surface area contributed by atoms with E-state index in [1.54, 1.807) is 30.3 Å². The molecule has 0 saturated carbocycles. The van der Waals surface area contributed by atoms with Crippen LogP contribution in [-0.2, 0) is 25.6 Å². The van der Waals surface area contributed by atoms with Gasteiger partial charge in [-0.15, -0.1) is 0 Å². The lowest BCUT2D eigenvalue weighted by Crippen LogP contribution is -2.62. The van der Waals surface area contributed by atoms with Crippen LogP contribution in [0, 0.1) is 0 Å². The Bertz CT molecular complexity index is 718. The fourth-order valence-electron chi connectivity index (χ4n) is 2.46. The van der Waals surface area contributed by atoms with Crippen LogP contribution in [-0.4, -0.2) is 57.6 Å². The molecule has 9 heteroatoms. The Morgan fingerprint density at radius 3 is 2.11 bits per heavy atom. The molecule has 0 heterocycles. The van der Waals surface area contributed by atoms with Crippen LogP contribution >= 0.6 is 0 Å². The molecule has 0 saturated heterocycles. The molecule has 0 bridgehead atoms. The van der Waals surface area contributed by atoms with Crippen LogP contribution in [0.15, 0.2) is 30.3 Å². The smallest absolute Gasteiger partial charge is 0.326 e. The van der Waals surface area contributed by atoms with Gasteiger partial charge >= 0.3 is 5.97 Å². The zero-order chi connectivity index (χ0) is 21.5. The fourth-order valence-corrected chi connectivity index (χ4v) is 2.46. The number of carboxylic acid groups (broad SMARTS) is 1. The van der Waals surface area contributed by atoms with E-state index in [4.69, 9.17) is 0 Å². The van der Waals surface area contributed by atoms with Crippen LogP contribution in [0.25, 0.3) is 0 Å². The van der Waals surface area contributed by atoms with Gasteiger partial charge in [-0.25, -0.2) is 4.79 Å². The van der Waals surface area contributed by atoms with Gasteiger partial charge in [-0.3, -0.25) is 14.4 Å². The summed E-state index contributed by atoms with van der Waals surface area (Å²) >= 11 is 0. The van der Waals surface area contributed by atoms with Gasteiger partial charge in [-0.05, 0) is 26.3 Å². The molecule has 0 aromatic heterocycles. The number of carbonyl (C=O) groups excluding carboxylic acids is 3. The van der Waals surface area contributed by atoms with E-state index in [2.05, 4.69) is 16.0 Å². The largest absolute Gasteiger partial charge is 0.480 e. The molecule has 9 nitrogen and oxygen atoms in total. The highest BCUT2D eigenvalue weighted by Crippen LogP contribution is 2.08. The van der Waals surface area contributed by atoms with E-state index < -0.39 is 47.4 Å². The summed E-state index contributed by atoms with van der Waals surface area (Å²) in [7, 11) is 0. The molecule has 0 radical (unpaired) electrons. The highest BCUT2D eigenvalue weighted by molar-refractivity contribution is 5.95. The Hall–Kier alpha value is -2.94. The molecule has 0 aliphatic heterocycles. The molecule has 5 N–H and O–H groups in total. The Morgan fingerprint density at radius 1 is 1.07 bits per heavy atom. The summed E-state index contributed by atoms with van der Waals surface area (Å²) in [6.07, 6.45) is -1.11. The predicted octanol–water partition coefficient (Wildman–Crippen LogP) is -0.421. The first-order valence-electron chi connectivity index (χ1n) is 8.79. The molecule has 0 aliphatic rings. The van der Waals surface area contributed by atoms with Crippen molar-refractivity contribution in [2.75, 3.05) is 0 Å². The van der Waals surface area contributed by atoms with Gasteiger partial charge in [0.05, 0.1) is 6.10 Å². The molecule has 0 unspecified atom stereocenters. The highest BCUT2D eigenvalue weighted by atomic mass is 16.4. The number of benzene rings is 1. The van der Waals surface area contributed by atoms with Crippen LogP contribution in [0.5, 0.6) is 0 Å². The van der Waals surface area contributed by atoms with Crippen molar-refractivity contribution in [3.05, 3.63) is 35.9 Å². The topological polar surface area (TPSA) is 145 Å². The molecular formula is C19H27N3O6. The lowest BCUT2D eigenvalue weighted by Gasteiger charge is -2.30. The maximum atomic E-state index is 12.6. The van der Waals surface area contributed by atoms with E-state index in [0.717, 1.165) is 5.56 Å². The minimum atomic E-state index is -1.48. The third-order valence-corrected chi connectivity index (χ3v) is 4.01. The third kappa shape index (κ3) is 6.99. The van der Waals surface area contributed by atoms with Crippen molar-refractivity contribution in [2.45, 2.75) is 57.8 Å². The number of aliphatic carboxylic acids is 1. The van der Waals surface area contributed by atoms with Crippen molar-refractivity contribution in [1.82, 2.24) is 16.0 Å². The Kier molecular flexibility index (Phi) is 8.12. The first-order valence-corrected chi connectivity index (χ1v) is 8.79. The number of carboxylic acids is 1. The number of hydrogen-bond acceptors (Lipinski definition) is 5. The zero-order valence-electron chi connectivity index (χ0n) is 16.4. The summed E-state index contributed by atoms with van der Waals surface area (Å²) in [6.45, 7) is 5.32. The third-order valence-electron chi connectivity index (χ3n) is 4.01. The van der Waals surface area contributed by atoms with Gasteiger partial charge in [-0.2, -0.15) is 0 Å². The van der Waals surface area contributed by atoms with Gasteiger partial charge in [0.15, 0.2) is 0 Å². The molecule has 1 rings (SSSR count). The minimum absolute atomic E-state index is 0.0775. The van der Waals surface area contributed by atoms with Gasteiger partial charge < -0.3 is 26.2 Å². The van der Waals surface area contributed by atoms with Crippen molar-refractivity contribution in [2.24, 2.45) is 0 Å². The second-order valence-electron chi connectivity index (χ2n) is 7.09. The van der Waals surface area contributed by atoms with Crippen LogP contribution < -0.4 is 16.0 Å². The lowest BCUT2D eigenvalue weighted by molar-refractivity contribution is -0.143. The molecule has 0 spiro atoms. The monoisotopic (exact) mass is 393 g/mol. The SMILES string of the molecule is CC(=O)N[C@H](C(=O)NC(C)(C)C(=O)N[C@@H](Cc1ccccc1)C(=O)O)[C@@H](C)O. The number of carbonyl (C=O) groups is 4. The van der Waals surface area contributed by atoms with Crippen LogP contribution in [0.2, 0.25) is 0 Å². The molecule has 154 valence electrons. The van der Waals surface area contributed by atoms with Crippen LogP contribution in [0.1, 0.15) is 33.3 Å². The van der Waals surface area contributed by atoms with Gasteiger partial charge in [0.2, 0.25) is 17.7 Å². The van der Waals surface area contributed by atoms with E-state index in [-0.39, 0.29) is 6.42 Å². The molecule has 0 fully saturated rings. The first-order chi connectivity index (χ1) is 12.9. The van der Waals surface area contributed by atoms with E-state index in [0.29, 0.717) is 0 Å². The number of nitrogens with one attached hydrogen (secondary N) is 3. The maximum absolute atomic E-state index is 12.6. The van der Waals surface area contributed by atoms with Crippen LogP contribution in [0.4, 0.5) is 0 Å². The summed E-state index contributed by atoms with van der Waals surface area (Å²) in [4.78, 5) is 47.7. The second-order valence-corrected chi connectivity index (χ2v) is 7.09. The molecule has 1 aromatic rings. The number of aliphatic hydroxyl groups excluding tert-OH is 1. The van der Waals surface area contributed by atoms with Crippen molar-refractivity contribution >= 4 is 23.7 Å². The zero-order valence-corrected chi connectivity index (χ0v) is 16.4. The summed E-state index contributed by atoms with van der Waals surface area (Å²) in [5, 5.41) is 26.3. The molecule has 3 amide bonds. The molecule has 3 atom stereocenters. The molecule has 1 aromatic carbocycles. The Morgan fingerprint density at radius 2 is 1.64 bits per heavy atom. The standard InChI is InChI=1S/C19H27N3O6/c1-11(23)15(20-12(2)24)16(25)22-19(3,4)18(28)21-14(17(26)27)10-13-8-6-5-7-9-13/h5-9,11,14-15,23H,10H2,1-4H3,(H,20,24)(H,21,28)(H,22,25)(H,26,27)/t11-,14+,15+/m1/s1. The van der Waals surface area contributed by atoms with E-state index in [1.807, 2.05) is 0 Å². The second kappa shape index (κ2) is 9.84. The van der Waals surface area contributed by atoms with Gasteiger partial charge in [-0.1, -0.05) is 30.3 Å². The van der Waals surface area contributed by atoms with E-state index in [9.17, 15) is 29.4 Å². The summed E-state index contributed by atoms with van der Waals surface area (Å²) in [5.74, 6) is -3.20. The number of hydrogen-bond donors (Lipinski definition) is 5. The lowest BCUT2D eigenvalue weighted by atomic mass is 10.00. The van der Waals surface area contributed by atoms with Crippen LogP contribution in [0.3, 0.4) is 0 Å². The molecule has 0 aliphatic carbocycles. The van der Waals surface area contributed by atoms with E-state index >= 15 is 0 Å². The predicted molar refractivity (Wildman–Crippen MR) is 101 cm³/mol. The highest BCUT2D eigenvalue weighted by Gasteiger charge is 2.36. The van der Waals surface area contributed by atoms with Gasteiger partial charge in [0.25, 0.3) is 0 Å². The van der Waals surface area contributed by atoms with Crippen molar-refractivity contribution in [1.29, 1.82) is 0 Å². The van der Waals surface area contributed by atoms with Crippen molar-refractivity contribution in [3.8, 4) is 0 Å². The average molecular weight is 393 g/mol. The fraction of sp³-hybridized carbons (Fsp3) is 0.474. The number of rotatable bonds is 9. The normalized spacial score (nSPS) is 14.3. The van der Waals surface area contributed by atoms with Crippen molar-refractivity contribution in [3.63, 3.8) is 0 Å². The van der Waals surface area contributed by atoms with Gasteiger partial charge in [0.1, 0.15) is 17.6 Å². The summed E-state index contributed by atoms with van der Waals surface area (Å²) in [5.41, 5.74) is -0.746. The van der Waals surface area contributed by atoms with Gasteiger partial charge in [0, 0.05) is 13.3 Å². The Balaban J connectivity index is 2.84. The number of amides is 3. The van der Waals surface area contributed by atoms with Crippen molar-refractivity contribution < 1.29 is 29.4 Å². The quantitative estimate of drug-likeness (QED) is 0.385. The molecular weight excluding hydrogens is 366 g/mol. The maximum Gasteiger partial charge on any atom is 0.326 e.